The van der Waals surface area contributed by atoms with Crippen molar-refractivity contribution in [1.82, 2.24) is 25.6 Å². The van der Waals surface area contributed by atoms with Gasteiger partial charge >= 0.3 is 6.18 Å². The van der Waals surface area contributed by atoms with Gasteiger partial charge in [-0.15, -0.1) is 5.10 Å². The van der Waals surface area contributed by atoms with E-state index in [1.807, 2.05) is 0 Å². The quantitative estimate of drug-likeness (QED) is 0.764. The van der Waals surface area contributed by atoms with Crippen LogP contribution in [-0.4, -0.2) is 39.4 Å². The van der Waals surface area contributed by atoms with Crippen LogP contribution in [0.3, 0.4) is 0 Å². The average molecular weight is 385 g/mol. The van der Waals surface area contributed by atoms with Crippen molar-refractivity contribution in [3.05, 3.63) is 47.0 Å². The number of nitrogens with zero attached hydrogens (tertiary/aromatic N) is 3. The minimum atomic E-state index is -4.81. The Morgan fingerprint density at radius 2 is 2.00 bits per heavy atom. The molecule has 144 valence electrons. The standard InChI is InChI=1S/C16H15F4N5O2/c1-21-14(27)15(4-5-15)22-13(26)12-8-25(24-23-12)7-9-2-3-11(17)10(6-9)16(18,19)20/h2-3,6,8H,4-5,7H2,1H3,(H,21,27)(H,22,26). The Bertz CT molecular complexity index is 889. The molecule has 2 aromatic rings. The van der Waals surface area contributed by atoms with Crippen LogP contribution in [0, 0.1) is 5.82 Å². The fourth-order valence-corrected chi connectivity index (χ4v) is 2.61. The van der Waals surface area contributed by atoms with Crippen LogP contribution in [-0.2, 0) is 17.5 Å². The van der Waals surface area contributed by atoms with Gasteiger partial charge in [0.2, 0.25) is 5.91 Å². The lowest BCUT2D eigenvalue weighted by atomic mass is 10.1. The van der Waals surface area contributed by atoms with Crippen LogP contribution in [0.25, 0.3) is 0 Å². The van der Waals surface area contributed by atoms with Gasteiger partial charge in [0.05, 0.1) is 18.3 Å². The van der Waals surface area contributed by atoms with Crippen molar-refractivity contribution in [3.8, 4) is 0 Å². The van der Waals surface area contributed by atoms with Crippen molar-refractivity contribution >= 4 is 11.8 Å². The molecule has 0 saturated heterocycles. The number of alkyl halides is 3. The van der Waals surface area contributed by atoms with E-state index in [2.05, 4.69) is 20.9 Å². The lowest BCUT2D eigenvalue weighted by Gasteiger charge is -2.14. The molecule has 0 atom stereocenters. The molecule has 1 aliphatic rings. The summed E-state index contributed by atoms with van der Waals surface area (Å²) in [5, 5.41) is 12.4. The van der Waals surface area contributed by atoms with E-state index in [9.17, 15) is 27.2 Å². The van der Waals surface area contributed by atoms with Gasteiger partial charge in [-0.3, -0.25) is 9.59 Å². The largest absolute Gasteiger partial charge is 0.419 e. The maximum atomic E-state index is 13.3. The number of rotatable bonds is 5. The van der Waals surface area contributed by atoms with Gasteiger partial charge in [-0.05, 0) is 30.5 Å². The van der Waals surface area contributed by atoms with Crippen LogP contribution < -0.4 is 10.6 Å². The Balaban J connectivity index is 1.72. The average Bonchev–Trinajstić information content (AvgIpc) is 3.23. The van der Waals surface area contributed by atoms with E-state index in [1.165, 1.54) is 19.3 Å². The van der Waals surface area contributed by atoms with Crippen LogP contribution in [0.1, 0.15) is 34.5 Å². The molecular weight excluding hydrogens is 370 g/mol. The van der Waals surface area contributed by atoms with Crippen molar-refractivity contribution < 1.29 is 27.2 Å². The first-order chi connectivity index (χ1) is 12.6. The van der Waals surface area contributed by atoms with Gasteiger partial charge in [-0.2, -0.15) is 13.2 Å². The van der Waals surface area contributed by atoms with Crippen LogP contribution in [0.2, 0.25) is 0 Å². The zero-order chi connectivity index (χ0) is 19.8. The van der Waals surface area contributed by atoms with E-state index in [0.717, 1.165) is 10.7 Å². The van der Waals surface area contributed by atoms with Crippen LogP contribution >= 0.6 is 0 Å². The zero-order valence-corrected chi connectivity index (χ0v) is 14.1. The summed E-state index contributed by atoms with van der Waals surface area (Å²) < 4.78 is 52.8. The van der Waals surface area contributed by atoms with E-state index in [4.69, 9.17) is 0 Å². The van der Waals surface area contributed by atoms with Gasteiger partial charge in [-0.1, -0.05) is 11.3 Å². The molecule has 0 unspecified atom stereocenters. The number of benzene rings is 1. The van der Waals surface area contributed by atoms with Crippen LogP contribution in [0.5, 0.6) is 0 Å². The predicted octanol–water partition coefficient (Wildman–Crippen LogP) is 1.49. The monoisotopic (exact) mass is 385 g/mol. The summed E-state index contributed by atoms with van der Waals surface area (Å²) >= 11 is 0. The summed E-state index contributed by atoms with van der Waals surface area (Å²) in [7, 11) is 1.46. The van der Waals surface area contributed by atoms with Crippen molar-refractivity contribution in [2.45, 2.75) is 31.1 Å². The molecule has 1 heterocycles. The summed E-state index contributed by atoms with van der Waals surface area (Å²) in [4.78, 5) is 24.0. The van der Waals surface area contributed by atoms with E-state index >= 15 is 0 Å². The van der Waals surface area contributed by atoms with Gasteiger partial charge in [0.25, 0.3) is 5.91 Å². The van der Waals surface area contributed by atoms with Crippen LogP contribution in [0.15, 0.2) is 24.4 Å². The summed E-state index contributed by atoms with van der Waals surface area (Å²) in [5.74, 6) is -2.29. The highest BCUT2D eigenvalue weighted by atomic mass is 19.4. The van der Waals surface area contributed by atoms with Crippen LogP contribution in [0.4, 0.5) is 17.6 Å². The second-order valence-corrected chi connectivity index (χ2v) is 6.23. The van der Waals surface area contributed by atoms with Crippen molar-refractivity contribution in [1.29, 1.82) is 0 Å². The number of aromatic nitrogens is 3. The number of carbonyl (C=O) groups is 2. The lowest BCUT2D eigenvalue weighted by Crippen LogP contribution is -2.48. The Hall–Kier alpha value is -2.98. The highest BCUT2D eigenvalue weighted by molar-refractivity contribution is 5.99. The smallest absolute Gasteiger partial charge is 0.357 e. The second-order valence-electron chi connectivity index (χ2n) is 6.23. The maximum absolute atomic E-state index is 13.3. The molecule has 7 nitrogen and oxygen atoms in total. The second kappa shape index (κ2) is 6.63. The highest BCUT2D eigenvalue weighted by Gasteiger charge is 2.51. The Labute approximate surface area is 150 Å². The van der Waals surface area contributed by atoms with Gasteiger partial charge in [0.1, 0.15) is 11.4 Å². The minimum absolute atomic E-state index is 0.0802. The molecule has 1 aromatic carbocycles. The summed E-state index contributed by atoms with van der Waals surface area (Å²) in [5.41, 5.74) is -2.26. The van der Waals surface area contributed by atoms with E-state index in [0.29, 0.717) is 18.9 Å². The van der Waals surface area contributed by atoms with E-state index < -0.39 is 29.0 Å². The number of amides is 2. The zero-order valence-electron chi connectivity index (χ0n) is 14.1. The Morgan fingerprint density at radius 3 is 2.59 bits per heavy atom. The Kier molecular flexibility index (Phi) is 4.62. The van der Waals surface area contributed by atoms with Gasteiger partial charge in [-0.25, -0.2) is 9.07 Å². The summed E-state index contributed by atoms with van der Waals surface area (Å²) in [6.07, 6.45) is -2.57. The summed E-state index contributed by atoms with van der Waals surface area (Å²) in [6.45, 7) is -0.135. The summed E-state index contributed by atoms with van der Waals surface area (Å²) in [6, 6.07) is 2.60. The topological polar surface area (TPSA) is 88.9 Å². The molecule has 0 spiro atoms. The molecule has 0 aliphatic heterocycles. The molecule has 0 radical (unpaired) electrons. The predicted molar refractivity (Wildman–Crippen MR) is 84.0 cm³/mol. The minimum Gasteiger partial charge on any atom is -0.357 e. The van der Waals surface area contributed by atoms with Crippen molar-refractivity contribution in [3.63, 3.8) is 0 Å². The lowest BCUT2D eigenvalue weighted by molar-refractivity contribution is -0.140. The third-order valence-electron chi connectivity index (χ3n) is 4.22. The van der Waals surface area contributed by atoms with Gasteiger partial charge in [0.15, 0.2) is 5.69 Å². The molecule has 1 aliphatic carbocycles. The van der Waals surface area contributed by atoms with Gasteiger partial charge < -0.3 is 10.6 Å². The van der Waals surface area contributed by atoms with Gasteiger partial charge in [0, 0.05) is 7.05 Å². The molecule has 1 saturated carbocycles. The fraction of sp³-hybridized carbons (Fsp3) is 0.375. The normalized spacial score (nSPS) is 15.3. The number of likely N-dealkylation sites (N-methyl/N-ethyl adjacent to an activating group) is 1. The molecule has 2 N–H and O–H groups in total. The molecule has 0 bridgehead atoms. The fourth-order valence-electron chi connectivity index (χ4n) is 2.61. The number of hydrogen-bond donors (Lipinski definition) is 2. The van der Waals surface area contributed by atoms with E-state index in [-0.39, 0.29) is 23.7 Å². The molecule has 1 fully saturated rings. The molecule has 11 heteroatoms. The number of carbonyl (C=O) groups excluding carboxylic acids is 2. The van der Waals surface area contributed by atoms with Crippen molar-refractivity contribution in [2.24, 2.45) is 0 Å². The third-order valence-corrected chi connectivity index (χ3v) is 4.22. The molecule has 2 amide bonds. The molecular formula is C16H15F4N5O2. The molecule has 1 aromatic heterocycles. The van der Waals surface area contributed by atoms with E-state index in [1.54, 1.807) is 0 Å². The molecule has 3 rings (SSSR count). The SMILES string of the molecule is CNC(=O)C1(NC(=O)c2cn(Cc3ccc(F)c(C(F)(F)F)c3)nn2)CC1. The number of hydrogen-bond acceptors (Lipinski definition) is 4. The maximum Gasteiger partial charge on any atom is 0.419 e. The van der Waals surface area contributed by atoms with Crippen molar-refractivity contribution in [2.75, 3.05) is 7.05 Å². The first kappa shape index (κ1) is 18.8. The molecule has 27 heavy (non-hydrogen) atoms. The first-order valence-corrected chi connectivity index (χ1v) is 7.95. The Morgan fingerprint density at radius 1 is 1.30 bits per heavy atom. The number of halogens is 4. The first-order valence-electron chi connectivity index (χ1n) is 7.95. The highest BCUT2D eigenvalue weighted by Crippen LogP contribution is 2.35. The third kappa shape index (κ3) is 3.91. The number of nitrogens with one attached hydrogen (secondary N) is 2.